The number of carbonyl (C=O) groups excluding carboxylic acids is 1. The van der Waals surface area contributed by atoms with Crippen LogP contribution in [0.15, 0.2) is 62.7 Å². The van der Waals surface area contributed by atoms with E-state index in [2.05, 4.69) is 4.98 Å². The zero-order valence-electron chi connectivity index (χ0n) is 17.4. The second kappa shape index (κ2) is 8.98. The smallest absolute Gasteiger partial charge is 0.253 e. The number of halogens is 1. The maximum Gasteiger partial charge on any atom is 0.253 e. The van der Waals surface area contributed by atoms with Gasteiger partial charge < -0.3 is 4.42 Å². The van der Waals surface area contributed by atoms with Gasteiger partial charge in [-0.1, -0.05) is 29.9 Å². The molecule has 0 bridgehead atoms. The van der Waals surface area contributed by atoms with Gasteiger partial charge in [0.2, 0.25) is 5.91 Å². The van der Waals surface area contributed by atoms with Gasteiger partial charge in [-0.2, -0.15) is 4.31 Å². The molecule has 0 radical (unpaired) electrons. The van der Waals surface area contributed by atoms with E-state index in [4.69, 9.17) is 4.42 Å². The fourth-order valence-electron chi connectivity index (χ4n) is 3.96. The number of para-hydroxylation sites is 1. The predicted octanol–water partition coefficient (Wildman–Crippen LogP) is 4.87. The Morgan fingerprint density at radius 3 is 2.82 bits per heavy atom. The number of thiazole rings is 1. The van der Waals surface area contributed by atoms with Crippen molar-refractivity contribution in [3.05, 3.63) is 65.7 Å². The first-order valence-electron chi connectivity index (χ1n) is 10.4. The summed E-state index contributed by atoms with van der Waals surface area (Å²) in [6, 6.07) is 10.4. The van der Waals surface area contributed by atoms with Gasteiger partial charge in [-0.25, -0.2) is 17.8 Å². The molecule has 0 aliphatic carbocycles. The fraction of sp³-hybridized carbons (Fsp3) is 0.273. The Labute approximate surface area is 198 Å². The van der Waals surface area contributed by atoms with Crippen molar-refractivity contribution in [3.8, 4) is 0 Å². The first-order chi connectivity index (χ1) is 15.9. The number of rotatable bonds is 6. The normalized spacial score (nSPS) is 17.4. The number of hydrogen-bond donors (Lipinski definition) is 0. The number of fused-ring (bicyclic) bond motifs is 1. The van der Waals surface area contributed by atoms with Crippen LogP contribution in [0.25, 0.3) is 10.2 Å². The Bertz CT molecular complexity index is 1370. The lowest BCUT2D eigenvalue weighted by molar-refractivity contribution is -0.123. The number of carbonyl (C=O) groups is 1. The van der Waals surface area contributed by atoms with Gasteiger partial charge in [-0.15, -0.1) is 11.3 Å². The maximum absolute atomic E-state index is 14.3. The van der Waals surface area contributed by atoms with Gasteiger partial charge >= 0.3 is 0 Å². The van der Waals surface area contributed by atoms with Crippen molar-refractivity contribution in [3.63, 3.8) is 0 Å². The topological polar surface area (TPSA) is 83.7 Å². The molecule has 1 aromatic carbocycles. The number of piperidine rings is 1. The van der Waals surface area contributed by atoms with Crippen LogP contribution in [0, 0.1) is 5.82 Å². The largest absolute Gasteiger partial charge is 0.467 e. The van der Waals surface area contributed by atoms with E-state index in [0.29, 0.717) is 28.4 Å². The lowest BCUT2D eigenvalue weighted by Gasteiger charge is -2.35. The second-order valence-electron chi connectivity index (χ2n) is 7.65. The summed E-state index contributed by atoms with van der Waals surface area (Å²) in [5, 5.41) is 2.00. The number of thiophene rings is 1. The Morgan fingerprint density at radius 1 is 1.21 bits per heavy atom. The summed E-state index contributed by atoms with van der Waals surface area (Å²) in [6.07, 6.45) is 3.32. The van der Waals surface area contributed by atoms with Crippen molar-refractivity contribution in [2.75, 3.05) is 11.4 Å². The first kappa shape index (κ1) is 22.2. The van der Waals surface area contributed by atoms with Crippen LogP contribution in [0.5, 0.6) is 0 Å². The van der Waals surface area contributed by atoms with Crippen molar-refractivity contribution in [2.45, 2.75) is 36.1 Å². The summed E-state index contributed by atoms with van der Waals surface area (Å²) in [7, 11) is -3.82. The van der Waals surface area contributed by atoms with E-state index in [1.807, 2.05) is 0 Å². The van der Waals surface area contributed by atoms with Gasteiger partial charge in [0, 0.05) is 6.54 Å². The molecular formula is C22H20FN3O4S3. The molecule has 0 saturated carbocycles. The molecule has 4 aromatic rings. The number of hydrogen-bond acceptors (Lipinski definition) is 7. The molecule has 4 heterocycles. The van der Waals surface area contributed by atoms with Crippen LogP contribution >= 0.6 is 22.7 Å². The number of nitrogens with zero attached hydrogens (tertiary/aromatic N) is 3. The molecule has 11 heteroatoms. The zero-order valence-corrected chi connectivity index (χ0v) is 19.8. The number of amides is 1. The van der Waals surface area contributed by atoms with Crippen LogP contribution in [0.3, 0.4) is 0 Å². The molecule has 1 aliphatic heterocycles. The van der Waals surface area contributed by atoms with Gasteiger partial charge in [0.15, 0.2) is 5.13 Å². The maximum atomic E-state index is 14.3. The van der Waals surface area contributed by atoms with E-state index in [1.165, 1.54) is 32.9 Å². The number of benzene rings is 1. The lowest BCUT2D eigenvalue weighted by atomic mass is 10.0. The van der Waals surface area contributed by atoms with Gasteiger partial charge in [0.25, 0.3) is 10.0 Å². The standard InChI is InChI=1S/C22H20FN3O4S3/c23-16-7-3-9-18-20(16)24-22(32-18)25(14-15-6-4-12-30-15)21(27)17-8-1-2-11-26(17)33(28,29)19-10-5-13-31-19/h3-7,9-10,12-13,17H,1-2,8,11,14H2. The summed E-state index contributed by atoms with van der Waals surface area (Å²) < 4.78 is 48.5. The molecular weight excluding hydrogens is 485 g/mol. The number of furan rings is 1. The minimum Gasteiger partial charge on any atom is -0.467 e. The van der Waals surface area contributed by atoms with E-state index >= 15 is 0 Å². The van der Waals surface area contributed by atoms with Crippen LogP contribution in [0.2, 0.25) is 0 Å². The molecule has 33 heavy (non-hydrogen) atoms. The average Bonchev–Trinajstić information content (AvgIpc) is 3.59. The van der Waals surface area contributed by atoms with Gasteiger partial charge in [-0.3, -0.25) is 9.69 Å². The van der Waals surface area contributed by atoms with Crippen molar-refractivity contribution in [1.82, 2.24) is 9.29 Å². The van der Waals surface area contributed by atoms with Gasteiger partial charge in [0.1, 0.15) is 27.3 Å². The molecule has 1 atom stereocenters. The van der Waals surface area contributed by atoms with Crippen LogP contribution in [0.1, 0.15) is 25.0 Å². The summed E-state index contributed by atoms with van der Waals surface area (Å²) in [5.74, 6) is -0.350. The molecule has 3 aromatic heterocycles. The highest BCUT2D eigenvalue weighted by Crippen LogP contribution is 2.34. The molecule has 0 N–H and O–H groups in total. The van der Waals surface area contributed by atoms with Crippen LogP contribution < -0.4 is 4.90 Å². The average molecular weight is 506 g/mol. The molecule has 1 amide bonds. The third kappa shape index (κ3) is 4.21. The molecule has 1 aliphatic rings. The minimum absolute atomic E-state index is 0.0661. The SMILES string of the molecule is O=C(C1CCCCN1S(=O)(=O)c1cccs1)N(Cc1ccco1)c1nc2c(F)cccc2s1. The highest BCUT2D eigenvalue weighted by atomic mass is 32.2. The third-order valence-electron chi connectivity index (χ3n) is 5.55. The Hall–Kier alpha value is -2.60. The quantitative estimate of drug-likeness (QED) is 0.373. The highest BCUT2D eigenvalue weighted by Gasteiger charge is 2.41. The van der Waals surface area contributed by atoms with E-state index in [9.17, 15) is 17.6 Å². The molecule has 1 saturated heterocycles. The Kier molecular flexibility index (Phi) is 6.04. The molecule has 1 unspecified atom stereocenters. The van der Waals surface area contributed by atoms with Crippen LogP contribution in [-0.2, 0) is 21.4 Å². The number of sulfonamides is 1. The Morgan fingerprint density at radius 2 is 2.09 bits per heavy atom. The molecule has 1 fully saturated rings. The van der Waals surface area contributed by atoms with Crippen LogP contribution in [-0.4, -0.2) is 36.2 Å². The van der Waals surface area contributed by atoms with Gasteiger partial charge in [-0.05, 0) is 48.6 Å². The first-order valence-corrected chi connectivity index (χ1v) is 13.5. The Balaban J connectivity index is 1.54. The summed E-state index contributed by atoms with van der Waals surface area (Å²) in [4.78, 5) is 19.7. The molecule has 0 spiro atoms. The van der Waals surface area contributed by atoms with Crippen molar-refractivity contribution >= 4 is 54.0 Å². The number of anilines is 1. The summed E-state index contributed by atoms with van der Waals surface area (Å²) in [6.45, 7) is 0.330. The van der Waals surface area contributed by atoms with Crippen molar-refractivity contribution in [1.29, 1.82) is 0 Å². The van der Waals surface area contributed by atoms with E-state index in [-0.39, 0.29) is 22.8 Å². The van der Waals surface area contributed by atoms with Gasteiger partial charge in [0.05, 0.1) is 17.5 Å². The molecule has 7 nitrogen and oxygen atoms in total. The predicted molar refractivity (Wildman–Crippen MR) is 125 cm³/mol. The lowest BCUT2D eigenvalue weighted by Crippen LogP contribution is -2.52. The van der Waals surface area contributed by atoms with Crippen molar-refractivity contribution < 1.29 is 22.0 Å². The minimum atomic E-state index is -3.82. The summed E-state index contributed by atoms with van der Waals surface area (Å²) in [5.41, 5.74) is 0.182. The highest BCUT2D eigenvalue weighted by molar-refractivity contribution is 7.91. The molecule has 5 rings (SSSR count). The second-order valence-corrected chi connectivity index (χ2v) is 11.7. The third-order valence-corrected chi connectivity index (χ3v) is 9.87. The van der Waals surface area contributed by atoms with E-state index in [0.717, 1.165) is 17.8 Å². The molecule has 172 valence electrons. The monoisotopic (exact) mass is 505 g/mol. The van der Waals surface area contributed by atoms with E-state index < -0.39 is 27.8 Å². The fourth-order valence-corrected chi connectivity index (χ4v) is 7.72. The van der Waals surface area contributed by atoms with Crippen LogP contribution in [0.4, 0.5) is 9.52 Å². The van der Waals surface area contributed by atoms with Crippen molar-refractivity contribution in [2.24, 2.45) is 0 Å². The number of aromatic nitrogens is 1. The van der Waals surface area contributed by atoms with E-state index in [1.54, 1.807) is 41.8 Å². The zero-order chi connectivity index (χ0) is 23.0. The summed E-state index contributed by atoms with van der Waals surface area (Å²) >= 11 is 2.32.